The van der Waals surface area contributed by atoms with Gasteiger partial charge in [-0.15, -0.1) is 0 Å². The van der Waals surface area contributed by atoms with Crippen LogP contribution in [0.15, 0.2) is 29.4 Å². The molecule has 0 amide bonds. The molecule has 0 aliphatic heterocycles. The zero-order valence-corrected chi connectivity index (χ0v) is 12.5. The summed E-state index contributed by atoms with van der Waals surface area (Å²) in [4.78, 5) is 20.0. The van der Waals surface area contributed by atoms with E-state index < -0.39 is 38.6 Å². The van der Waals surface area contributed by atoms with Crippen molar-refractivity contribution in [1.29, 1.82) is 0 Å². The van der Waals surface area contributed by atoms with Crippen LogP contribution in [0.2, 0.25) is 0 Å². The molecule has 2 aliphatic rings. The molecule has 132 valence electrons. The smallest absolute Gasteiger partial charge is 0.266 e. The number of hydrazone groups is 1. The van der Waals surface area contributed by atoms with Crippen LogP contribution in [0.25, 0.3) is 0 Å². The molecule has 0 saturated heterocycles. The van der Waals surface area contributed by atoms with Crippen LogP contribution in [0.5, 0.6) is 0 Å². The Morgan fingerprint density at radius 1 is 1.16 bits per heavy atom. The number of nitrogens with zero attached hydrogens (tertiary/aromatic N) is 3. The number of nitrogens with one attached hydrogen (secondary N) is 1. The fourth-order valence-electron chi connectivity index (χ4n) is 2.97. The van der Waals surface area contributed by atoms with E-state index in [0.29, 0.717) is 18.1 Å². The lowest BCUT2D eigenvalue weighted by Gasteiger charge is -2.31. The van der Waals surface area contributed by atoms with E-state index in [0.717, 1.165) is 6.42 Å². The minimum absolute atomic E-state index is 0.0695. The van der Waals surface area contributed by atoms with Gasteiger partial charge in [-0.2, -0.15) is 18.3 Å². The minimum atomic E-state index is -4.95. The zero-order valence-electron chi connectivity index (χ0n) is 12.5. The molecule has 1 aromatic rings. The molecule has 3 rings (SSSR count). The van der Waals surface area contributed by atoms with Crippen LogP contribution < -0.4 is 5.43 Å². The first kappa shape index (κ1) is 16.9. The molecule has 0 spiro atoms. The molecule has 0 radical (unpaired) electrons. The summed E-state index contributed by atoms with van der Waals surface area (Å²) in [6, 6.07) is 0.517. The summed E-state index contributed by atoms with van der Waals surface area (Å²) in [7, 11) is 0. The van der Waals surface area contributed by atoms with Crippen LogP contribution in [-0.4, -0.2) is 15.6 Å². The number of hydrogen-bond donors (Lipinski definition) is 1. The van der Waals surface area contributed by atoms with Gasteiger partial charge in [-0.05, 0) is 18.8 Å². The summed E-state index contributed by atoms with van der Waals surface area (Å²) < 4.78 is 38.5. The Labute approximate surface area is 138 Å². The van der Waals surface area contributed by atoms with E-state index in [-0.39, 0.29) is 18.1 Å². The highest BCUT2D eigenvalue weighted by Crippen LogP contribution is 2.43. The molecule has 1 saturated carbocycles. The second kappa shape index (κ2) is 5.83. The molecule has 0 bridgehead atoms. The molecule has 0 aromatic heterocycles. The first-order valence-corrected chi connectivity index (χ1v) is 7.21. The van der Waals surface area contributed by atoms with Crippen LogP contribution >= 0.6 is 0 Å². The van der Waals surface area contributed by atoms with Crippen molar-refractivity contribution in [3.05, 3.63) is 50.1 Å². The highest BCUT2D eigenvalue weighted by molar-refractivity contribution is 5.95. The van der Waals surface area contributed by atoms with Crippen LogP contribution in [0.3, 0.4) is 0 Å². The third kappa shape index (κ3) is 3.04. The van der Waals surface area contributed by atoms with Crippen molar-refractivity contribution < 1.29 is 23.0 Å². The molecule has 1 aromatic carbocycles. The average Bonchev–Trinajstić information content (AvgIpc) is 2.86. The van der Waals surface area contributed by atoms with Crippen molar-refractivity contribution in [2.24, 2.45) is 16.9 Å². The number of fused-ring (bicyclic) bond motifs is 1. The number of nitro benzene ring substituents is 2. The van der Waals surface area contributed by atoms with Gasteiger partial charge in [0, 0.05) is 23.8 Å². The Bertz CT molecular complexity index is 784. The van der Waals surface area contributed by atoms with Gasteiger partial charge in [0.1, 0.15) is 0 Å². The lowest BCUT2D eigenvalue weighted by molar-refractivity contribution is -0.392. The predicted molar refractivity (Wildman–Crippen MR) is 81.2 cm³/mol. The number of rotatable bonds is 4. The Balaban J connectivity index is 2.01. The number of benzene rings is 1. The Morgan fingerprint density at radius 3 is 2.24 bits per heavy atom. The number of allylic oxidation sites excluding steroid dienone is 2. The van der Waals surface area contributed by atoms with E-state index in [1.807, 2.05) is 12.2 Å². The summed E-state index contributed by atoms with van der Waals surface area (Å²) in [5, 5.41) is 26.2. The van der Waals surface area contributed by atoms with Gasteiger partial charge < -0.3 is 0 Å². The maximum absolute atomic E-state index is 12.8. The predicted octanol–water partition coefficient (Wildman–Crippen LogP) is 3.89. The van der Waals surface area contributed by atoms with Crippen molar-refractivity contribution in [1.82, 2.24) is 0 Å². The van der Waals surface area contributed by atoms with Crippen LogP contribution in [0.1, 0.15) is 18.4 Å². The first-order chi connectivity index (χ1) is 11.7. The minimum Gasteiger partial charge on any atom is -0.266 e. The lowest BCUT2D eigenvalue weighted by Crippen LogP contribution is -2.33. The third-order valence-electron chi connectivity index (χ3n) is 4.27. The topological polar surface area (TPSA) is 111 Å². The summed E-state index contributed by atoms with van der Waals surface area (Å²) >= 11 is 0. The molecule has 0 unspecified atom stereocenters. The van der Waals surface area contributed by atoms with Gasteiger partial charge >= 0.3 is 17.6 Å². The Kier molecular flexibility index (Phi) is 3.93. The molecule has 8 nitrogen and oxygen atoms in total. The van der Waals surface area contributed by atoms with Crippen molar-refractivity contribution >= 4 is 22.8 Å². The van der Waals surface area contributed by atoms with Gasteiger partial charge in [0.25, 0.3) is 0 Å². The summed E-state index contributed by atoms with van der Waals surface area (Å²) in [5.74, 6) is 0.471. The van der Waals surface area contributed by atoms with Gasteiger partial charge in [0.05, 0.1) is 15.4 Å². The lowest BCUT2D eigenvalue weighted by atomic mass is 9.74. The van der Waals surface area contributed by atoms with E-state index in [2.05, 4.69) is 10.5 Å². The van der Waals surface area contributed by atoms with E-state index in [9.17, 15) is 33.4 Å². The average molecular weight is 356 g/mol. The van der Waals surface area contributed by atoms with Crippen molar-refractivity contribution in [3.63, 3.8) is 0 Å². The van der Waals surface area contributed by atoms with Crippen LogP contribution in [0, 0.1) is 32.1 Å². The number of anilines is 1. The molecule has 1 fully saturated rings. The van der Waals surface area contributed by atoms with Crippen molar-refractivity contribution in [3.8, 4) is 0 Å². The van der Waals surface area contributed by atoms with E-state index in [1.165, 1.54) is 0 Å². The molecular formula is C14H11F3N4O4. The molecule has 2 atom stereocenters. The highest BCUT2D eigenvalue weighted by atomic mass is 19.4. The molecular weight excluding hydrogens is 345 g/mol. The summed E-state index contributed by atoms with van der Waals surface area (Å²) in [6.07, 6.45) is 0.470. The number of halogens is 3. The summed E-state index contributed by atoms with van der Waals surface area (Å²) in [6.45, 7) is 0. The van der Waals surface area contributed by atoms with Crippen LogP contribution in [-0.2, 0) is 6.18 Å². The zero-order chi connectivity index (χ0) is 18.4. The monoisotopic (exact) mass is 356 g/mol. The molecule has 25 heavy (non-hydrogen) atoms. The second-order valence-corrected chi connectivity index (χ2v) is 5.77. The van der Waals surface area contributed by atoms with Gasteiger partial charge in [0.2, 0.25) is 5.69 Å². The van der Waals surface area contributed by atoms with Crippen molar-refractivity contribution in [2.75, 3.05) is 5.43 Å². The molecule has 11 heteroatoms. The molecule has 0 heterocycles. The standard InChI is InChI=1S/C14H11F3N4O4/c15-14(16,17)8-5-11(20(22)23)13(12(6-8)21(24)25)19-18-10-4-7-2-1-3-9(7)10/h1,3,5-7,9,19H,2,4H2/b18-10-/t7-,9-/m1/s1. The Morgan fingerprint density at radius 2 is 1.76 bits per heavy atom. The van der Waals surface area contributed by atoms with E-state index in [1.54, 1.807) is 0 Å². The largest absolute Gasteiger partial charge is 0.416 e. The maximum atomic E-state index is 12.8. The second-order valence-electron chi connectivity index (χ2n) is 5.77. The van der Waals surface area contributed by atoms with Crippen molar-refractivity contribution in [2.45, 2.75) is 19.0 Å². The summed E-state index contributed by atoms with van der Waals surface area (Å²) in [5.41, 5.74) is -1.34. The fourth-order valence-corrected chi connectivity index (χ4v) is 2.97. The van der Waals surface area contributed by atoms with Gasteiger partial charge in [-0.1, -0.05) is 12.2 Å². The number of hydrogen-bond acceptors (Lipinski definition) is 6. The van der Waals surface area contributed by atoms with Gasteiger partial charge in [-0.25, -0.2) is 0 Å². The SMILES string of the molecule is O=[N+]([O-])c1cc(C(F)(F)F)cc([N+](=O)[O-])c1N/N=C1/C[C@H]2CC=C[C@@H]12. The molecule has 1 N–H and O–H groups in total. The maximum Gasteiger partial charge on any atom is 0.416 e. The first-order valence-electron chi connectivity index (χ1n) is 7.21. The van der Waals surface area contributed by atoms with Gasteiger partial charge in [0.15, 0.2) is 0 Å². The van der Waals surface area contributed by atoms with E-state index in [4.69, 9.17) is 0 Å². The quantitative estimate of drug-likeness (QED) is 0.500. The fraction of sp³-hybridized carbons (Fsp3) is 0.357. The normalized spacial score (nSPS) is 23.2. The van der Waals surface area contributed by atoms with Gasteiger partial charge in [-0.3, -0.25) is 25.7 Å². The number of nitro groups is 2. The van der Waals surface area contributed by atoms with Crippen LogP contribution in [0.4, 0.5) is 30.2 Å². The highest BCUT2D eigenvalue weighted by Gasteiger charge is 2.40. The third-order valence-corrected chi connectivity index (χ3v) is 4.27. The van der Waals surface area contributed by atoms with E-state index >= 15 is 0 Å². The molecule has 2 aliphatic carbocycles. The Hall–Kier alpha value is -2.98. The number of alkyl halides is 3.